The summed E-state index contributed by atoms with van der Waals surface area (Å²) in [7, 11) is 0. The number of carbonyl (C=O) groups excluding carboxylic acids is 1. The van der Waals surface area contributed by atoms with Crippen LogP contribution in [0.3, 0.4) is 0 Å². The highest BCUT2D eigenvalue weighted by atomic mass is 35.5. The molecule has 1 amide bonds. The second-order valence-electron chi connectivity index (χ2n) is 4.33. The first-order chi connectivity index (χ1) is 9.63. The van der Waals surface area contributed by atoms with Gasteiger partial charge in [-0.15, -0.1) is 0 Å². The quantitative estimate of drug-likeness (QED) is 0.923. The first-order valence-electron chi connectivity index (χ1n) is 5.96. The molecule has 0 unspecified atom stereocenters. The molecular weight excluding hydrogens is 280 g/mol. The number of carbonyl (C=O) groups is 1. The molecule has 102 valence electrons. The molecule has 1 aromatic carbocycles. The summed E-state index contributed by atoms with van der Waals surface area (Å²) < 4.78 is 10.5. The van der Waals surface area contributed by atoms with Crippen LogP contribution in [0.2, 0.25) is 5.02 Å². The molecule has 5 nitrogen and oxygen atoms in total. The number of pyridine rings is 1. The molecule has 0 fully saturated rings. The van der Waals surface area contributed by atoms with Crippen LogP contribution in [0.5, 0.6) is 11.5 Å². The number of aryl methyl sites for hydroxylation is 1. The molecule has 20 heavy (non-hydrogen) atoms. The molecule has 0 saturated carbocycles. The SMILES string of the molecule is Cc1cc(Cl)c(C(=O)Nc2ccc3c(c2)OCO3)cn1. The smallest absolute Gasteiger partial charge is 0.258 e. The average Bonchev–Trinajstić information content (AvgIpc) is 2.85. The third kappa shape index (κ3) is 2.40. The van der Waals surface area contributed by atoms with Gasteiger partial charge in [-0.1, -0.05) is 11.6 Å². The minimum absolute atomic E-state index is 0.195. The molecule has 0 atom stereocenters. The van der Waals surface area contributed by atoms with E-state index in [9.17, 15) is 4.79 Å². The third-order valence-electron chi connectivity index (χ3n) is 2.87. The number of nitrogens with zero attached hydrogens (tertiary/aromatic N) is 1. The van der Waals surface area contributed by atoms with E-state index in [-0.39, 0.29) is 12.7 Å². The lowest BCUT2D eigenvalue weighted by molar-refractivity contribution is 0.102. The fourth-order valence-electron chi connectivity index (χ4n) is 1.87. The second-order valence-corrected chi connectivity index (χ2v) is 4.73. The number of anilines is 1. The van der Waals surface area contributed by atoms with Crippen molar-refractivity contribution in [1.82, 2.24) is 4.98 Å². The minimum Gasteiger partial charge on any atom is -0.454 e. The molecule has 2 aromatic rings. The molecule has 3 rings (SSSR count). The Bertz CT molecular complexity index is 688. The lowest BCUT2D eigenvalue weighted by Gasteiger charge is -2.07. The zero-order valence-corrected chi connectivity index (χ0v) is 11.4. The largest absolute Gasteiger partial charge is 0.454 e. The molecule has 1 aromatic heterocycles. The molecular formula is C14H11ClN2O3. The molecule has 2 heterocycles. The number of halogens is 1. The summed E-state index contributed by atoms with van der Waals surface area (Å²) in [5, 5.41) is 3.12. The number of benzene rings is 1. The maximum atomic E-state index is 12.1. The lowest BCUT2D eigenvalue weighted by Crippen LogP contribution is -2.13. The zero-order chi connectivity index (χ0) is 14.1. The Morgan fingerprint density at radius 3 is 2.90 bits per heavy atom. The number of hydrogen-bond acceptors (Lipinski definition) is 4. The van der Waals surface area contributed by atoms with Crippen LogP contribution in [0.25, 0.3) is 0 Å². The van der Waals surface area contributed by atoms with Gasteiger partial charge in [0.05, 0.1) is 10.6 Å². The van der Waals surface area contributed by atoms with Gasteiger partial charge in [-0.3, -0.25) is 9.78 Å². The summed E-state index contributed by atoms with van der Waals surface area (Å²) in [5.74, 6) is 0.954. The number of ether oxygens (including phenoxy) is 2. The zero-order valence-electron chi connectivity index (χ0n) is 10.6. The van der Waals surface area contributed by atoms with Gasteiger partial charge in [0.1, 0.15) is 0 Å². The van der Waals surface area contributed by atoms with Gasteiger partial charge in [-0.25, -0.2) is 0 Å². The van der Waals surface area contributed by atoms with Crippen LogP contribution < -0.4 is 14.8 Å². The molecule has 0 radical (unpaired) electrons. The molecule has 6 heteroatoms. The highest BCUT2D eigenvalue weighted by molar-refractivity contribution is 6.34. The van der Waals surface area contributed by atoms with Crippen molar-refractivity contribution in [3.63, 3.8) is 0 Å². The Kier molecular flexibility index (Phi) is 3.20. The van der Waals surface area contributed by atoms with Crippen molar-refractivity contribution >= 4 is 23.2 Å². The second kappa shape index (κ2) is 5.02. The Balaban J connectivity index is 1.82. The van der Waals surface area contributed by atoms with Crippen molar-refractivity contribution in [1.29, 1.82) is 0 Å². The predicted molar refractivity (Wildman–Crippen MR) is 74.5 cm³/mol. The highest BCUT2D eigenvalue weighted by Crippen LogP contribution is 2.34. The van der Waals surface area contributed by atoms with Crippen molar-refractivity contribution < 1.29 is 14.3 Å². The van der Waals surface area contributed by atoms with Crippen LogP contribution in [-0.2, 0) is 0 Å². The van der Waals surface area contributed by atoms with Crippen molar-refractivity contribution in [3.05, 3.63) is 46.7 Å². The third-order valence-corrected chi connectivity index (χ3v) is 3.18. The predicted octanol–water partition coefficient (Wildman–Crippen LogP) is 3.02. The first-order valence-corrected chi connectivity index (χ1v) is 6.34. The van der Waals surface area contributed by atoms with Gasteiger partial charge < -0.3 is 14.8 Å². The van der Waals surface area contributed by atoms with Crippen molar-refractivity contribution in [2.75, 3.05) is 12.1 Å². The van der Waals surface area contributed by atoms with E-state index in [1.54, 1.807) is 24.3 Å². The Morgan fingerprint density at radius 1 is 1.30 bits per heavy atom. The van der Waals surface area contributed by atoms with Gasteiger partial charge in [0, 0.05) is 23.6 Å². The van der Waals surface area contributed by atoms with Crippen LogP contribution in [0, 0.1) is 6.92 Å². The van der Waals surface area contributed by atoms with Crippen LogP contribution in [-0.4, -0.2) is 17.7 Å². The lowest BCUT2D eigenvalue weighted by atomic mass is 10.2. The highest BCUT2D eigenvalue weighted by Gasteiger charge is 2.16. The first kappa shape index (κ1) is 12.7. The summed E-state index contributed by atoms with van der Waals surface area (Å²) in [6, 6.07) is 6.83. The summed E-state index contributed by atoms with van der Waals surface area (Å²) in [6.07, 6.45) is 1.46. The summed E-state index contributed by atoms with van der Waals surface area (Å²) in [4.78, 5) is 16.2. The number of rotatable bonds is 2. The molecule has 1 aliphatic rings. The van der Waals surface area contributed by atoms with Gasteiger partial charge in [0.15, 0.2) is 11.5 Å². The van der Waals surface area contributed by atoms with E-state index in [4.69, 9.17) is 21.1 Å². The maximum absolute atomic E-state index is 12.1. The van der Waals surface area contributed by atoms with Gasteiger partial charge in [-0.2, -0.15) is 0 Å². The number of amides is 1. The summed E-state index contributed by atoms with van der Waals surface area (Å²) in [6.45, 7) is 2.01. The Hall–Kier alpha value is -2.27. The van der Waals surface area contributed by atoms with E-state index >= 15 is 0 Å². The van der Waals surface area contributed by atoms with E-state index in [0.29, 0.717) is 27.8 Å². The molecule has 0 spiro atoms. The number of nitrogens with one attached hydrogen (secondary N) is 1. The fourth-order valence-corrected chi connectivity index (χ4v) is 2.16. The topological polar surface area (TPSA) is 60.5 Å². The molecule has 1 N–H and O–H groups in total. The number of fused-ring (bicyclic) bond motifs is 1. The molecule has 1 aliphatic heterocycles. The normalized spacial score (nSPS) is 12.3. The van der Waals surface area contributed by atoms with Gasteiger partial charge in [0.2, 0.25) is 6.79 Å². The average molecular weight is 291 g/mol. The van der Waals surface area contributed by atoms with E-state index < -0.39 is 0 Å². The standard InChI is InChI=1S/C14H11ClN2O3/c1-8-4-11(15)10(6-16-8)14(18)17-9-2-3-12-13(5-9)20-7-19-12/h2-6H,7H2,1H3,(H,17,18). The van der Waals surface area contributed by atoms with Crippen LogP contribution in [0.15, 0.2) is 30.5 Å². The van der Waals surface area contributed by atoms with Crippen molar-refractivity contribution in [2.45, 2.75) is 6.92 Å². The van der Waals surface area contributed by atoms with Crippen LogP contribution in [0.4, 0.5) is 5.69 Å². The molecule has 0 saturated heterocycles. The van der Waals surface area contributed by atoms with E-state index in [1.807, 2.05) is 6.92 Å². The summed E-state index contributed by atoms with van der Waals surface area (Å²) in [5.41, 5.74) is 1.69. The van der Waals surface area contributed by atoms with Crippen LogP contribution >= 0.6 is 11.6 Å². The number of aromatic nitrogens is 1. The van der Waals surface area contributed by atoms with E-state index in [2.05, 4.69) is 10.3 Å². The maximum Gasteiger partial charge on any atom is 0.258 e. The Labute approximate surface area is 120 Å². The van der Waals surface area contributed by atoms with Gasteiger partial charge >= 0.3 is 0 Å². The minimum atomic E-state index is -0.318. The Morgan fingerprint density at radius 2 is 2.10 bits per heavy atom. The van der Waals surface area contributed by atoms with Crippen molar-refractivity contribution in [2.24, 2.45) is 0 Å². The monoisotopic (exact) mass is 290 g/mol. The summed E-state index contributed by atoms with van der Waals surface area (Å²) >= 11 is 6.04. The fraction of sp³-hybridized carbons (Fsp3) is 0.143. The number of hydrogen-bond donors (Lipinski definition) is 1. The van der Waals surface area contributed by atoms with Crippen LogP contribution in [0.1, 0.15) is 16.1 Å². The van der Waals surface area contributed by atoms with Gasteiger partial charge in [-0.05, 0) is 25.1 Å². The molecule has 0 aliphatic carbocycles. The van der Waals surface area contributed by atoms with E-state index in [0.717, 1.165) is 5.69 Å². The van der Waals surface area contributed by atoms with Gasteiger partial charge in [0.25, 0.3) is 5.91 Å². The molecule has 0 bridgehead atoms. The van der Waals surface area contributed by atoms with Crippen molar-refractivity contribution in [3.8, 4) is 11.5 Å². The van der Waals surface area contributed by atoms with E-state index in [1.165, 1.54) is 6.20 Å².